The third-order valence-corrected chi connectivity index (χ3v) is 2.67. The van der Waals surface area contributed by atoms with Gasteiger partial charge in [0, 0.05) is 6.54 Å². The molecule has 1 aromatic rings. The van der Waals surface area contributed by atoms with Gasteiger partial charge in [-0.3, -0.25) is 4.79 Å². The first-order valence-electron chi connectivity index (χ1n) is 5.46. The zero-order valence-corrected chi connectivity index (χ0v) is 9.50. The molecule has 0 spiro atoms. The first kappa shape index (κ1) is 12.5. The number of ether oxygens (including phenoxy) is 1. The highest BCUT2D eigenvalue weighted by atomic mass is 16.6. The van der Waals surface area contributed by atoms with Gasteiger partial charge in [-0.05, 0) is 11.1 Å². The number of hydrogen-bond acceptors (Lipinski definition) is 4. The number of benzene rings is 1. The summed E-state index contributed by atoms with van der Waals surface area (Å²) in [6, 6.07) is 7.09. The molecule has 2 atom stereocenters. The highest BCUT2D eigenvalue weighted by Crippen LogP contribution is 2.22. The van der Waals surface area contributed by atoms with Crippen LogP contribution in [0.2, 0.25) is 0 Å². The minimum Gasteiger partial charge on any atom is -0.479 e. The van der Waals surface area contributed by atoms with E-state index in [4.69, 9.17) is 14.9 Å². The minimum absolute atomic E-state index is 0.0250. The fourth-order valence-corrected chi connectivity index (χ4v) is 1.55. The molecule has 0 radical (unpaired) electrons. The van der Waals surface area contributed by atoms with Crippen molar-refractivity contribution in [3.8, 4) is 0 Å². The Hall–Kier alpha value is -1.92. The highest BCUT2D eigenvalue weighted by molar-refractivity contribution is 5.91. The summed E-state index contributed by atoms with van der Waals surface area (Å²) in [5, 5.41) is 20.0. The molecule has 0 aromatic heterocycles. The van der Waals surface area contributed by atoms with Crippen LogP contribution >= 0.6 is 0 Å². The lowest BCUT2D eigenvalue weighted by Gasteiger charge is -2.04. The molecule has 6 nitrogen and oxygen atoms in total. The summed E-state index contributed by atoms with van der Waals surface area (Å²) >= 11 is 0. The topological polar surface area (TPSA) is 99.2 Å². The zero-order valence-electron chi connectivity index (χ0n) is 9.50. The maximum Gasteiger partial charge on any atom is 0.336 e. The number of carbonyl (C=O) groups is 2. The predicted octanol–water partition coefficient (Wildman–Crippen LogP) is -0.353. The first-order valence-corrected chi connectivity index (χ1v) is 5.46. The first-order chi connectivity index (χ1) is 8.61. The SMILES string of the molecule is O=C(O)[C@H]1O[C@@H]1C(=O)NCc1ccc(CO)cc1. The number of aliphatic hydroxyl groups is 1. The number of hydrogen-bond donors (Lipinski definition) is 3. The molecule has 3 N–H and O–H groups in total. The minimum atomic E-state index is -1.12. The van der Waals surface area contributed by atoms with Crippen molar-refractivity contribution in [1.82, 2.24) is 5.32 Å². The number of carboxylic acids is 1. The molecule has 6 heteroatoms. The lowest BCUT2D eigenvalue weighted by molar-refractivity contribution is -0.138. The normalized spacial score (nSPS) is 21.4. The largest absolute Gasteiger partial charge is 0.479 e. The molecule has 0 bridgehead atoms. The van der Waals surface area contributed by atoms with Crippen molar-refractivity contribution in [1.29, 1.82) is 0 Å². The van der Waals surface area contributed by atoms with E-state index >= 15 is 0 Å². The number of amides is 1. The second-order valence-corrected chi connectivity index (χ2v) is 4.01. The Balaban J connectivity index is 1.81. The summed E-state index contributed by atoms with van der Waals surface area (Å²) in [4.78, 5) is 22.0. The monoisotopic (exact) mass is 251 g/mol. The average Bonchev–Trinajstić information content (AvgIpc) is 3.17. The summed E-state index contributed by atoms with van der Waals surface area (Å²) in [6.07, 6.45) is -1.89. The van der Waals surface area contributed by atoms with Gasteiger partial charge in [0.15, 0.2) is 12.2 Å². The molecule has 1 aliphatic heterocycles. The van der Waals surface area contributed by atoms with Crippen molar-refractivity contribution in [3.05, 3.63) is 35.4 Å². The smallest absolute Gasteiger partial charge is 0.336 e. The van der Waals surface area contributed by atoms with Crippen LogP contribution in [-0.2, 0) is 27.5 Å². The maximum atomic E-state index is 11.5. The Labute approximate surface area is 103 Å². The molecule has 1 aromatic carbocycles. The van der Waals surface area contributed by atoms with Gasteiger partial charge in [-0.1, -0.05) is 24.3 Å². The van der Waals surface area contributed by atoms with E-state index in [9.17, 15) is 9.59 Å². The van der Waals surface area contributed by atoms with Crippen molar-refractivity contribution in [3.63, 3.8) is 0 Å². The van der Waals surface area contributed by atoms with Crippen molar-refractivity contribution < 1.29 is 24.5 Å². The highest BCUT2D eigenvalue weighted by Gasteiger charge is 2.50. The van der Waals surface area contributed by atoms with Gasteiger partial charge in [0.1, 0.15) is 0 Å². The summed E-state index contributed by atoms with van der Waals surface area (Å²) in [6.45, 7) is 0.277. The Morgan fingerprint density at radius 1 is 1.17 bits per heavy atom. The number of rotatable bonds is 5. The van der Waals surface area contributed by atoms with E-state index in [1.807, 2.05) is 0 Å². The molecule has 0 unspecified atom stereocenters. The zero-order chi connectivity index (χ0) is 13.1. The van der Waals surface area contributed by atoms with E-state index in [1.165, 1.54) is 0 Å². The number of aliphatic carboxylic acids is 1. The number of carbonyl (C=O) groups excluding carboxylic acids is 1. The van der Waals surface area contributed by atoms with Gasteiger partial charge >= 0.3 is 5.97 Å². The van der Waals surface area contributed by atoms with Gasteiger partial charge in [-0.15, -0.1) is 0 Å². The van der Waals surface area contributed by atoms with Gasteiger partial charge in [-0.2, -0.15) is 0 Å². The van der Waals surface area contributed by atoms with Crippen LogP contribution in [0.5, 0.6) is 0 Å². The summed E-state index contributed by atoms with van der Waals surface area (Å²) in [5.41, 5.74) is 1.66. The molecular formula is C12H13NO5. The van der Waals surface area contributed by atoms with Crippen molar-refractivity contribution in [2.75, 3.05) is 0 Å². The fourth-order valence-electron chi connectivity index (χ4n) is 1.55. The van der Waals surface area contributed by atoms with Gasteiger partial charge < -0.3 is 20.3 Å². The standard InChI is InChI=1S/C12H13NO5/c14-6-8-3-1-7(2-4-8)5-13-11(15)9-10(18-9)12(16)17/h1-4,9-10,14H,5-6H2,(H,13,15)(H,16,17)/t9-,10-/m0/s1. The summed E-state index contributed by atoms with van der Waals surface area (Å²) in [5.74, 6) is -1.55. The average molecular weight is 251 g/mol. The van der Waals surface area contributed by atoms with E-state index in [0.717, 1.165) is 11.1 Å². The number of carboxylic acid groups (broad SMARTS) is 1. The Morgan fingerprint density at radius 2 is 1.78 bits per heavy atom. The predicted molar refractivity (Wildman–Crippen MR) is 60.5 cm³/mol. The lowest BCUT2D eigenvalue weighted by Crippen LogP contribution is -2.29. The molecule has 1 saturated heterocycles. The molecule has 2 rings (SSSR count). The van der Waals surface area contributed by atoms with Crippen LogP contribution in [0.3, 0.4) is 0 Å². The number of epoxide rings is 1. The Bertz CT molecular complexity index is 456. The number of aliphatic hydroxyl groups excluding tert-OH is 1. The van der Waals surface area contributed by atoms with Crippen LogP contribution in [0.15, 0.2) is 24.3 Å². The molecule has 1 fully saturated rings. The van der Waals surface area contributed by atoms with Crippen molar-refractivity contribution >= 4 is 11.9 Å². The van der Waals surface area contributed by atoms with Crippen LogP contribution in [0.1, 0.15) is 11.1 Å². The summed E-state index contributed by atoms with van der Waals surface area (Å²) in [7, 11) is 0. The van der Waals surface area contributed by atoms with Crippen LogP contribution in [0.25, 0.3) is 0 Å². The molecule has 0 saturated carbocycles. The summed E-state index contributed by atoms with van der Waals surface area (Å²) < 4.78 is 4.72. The lowest BCUT2D eigenvalue weighted by atomic mass is 10.1. The van der Waals surface area contributed by atoms with Crippen LogP contribution in [0, 0.1) is 0 Å². The molecule has 1 heterocycles. The quantitative estimate of drug-likeness (QED) is 0.621. The fraction of sp³-hybridized carbons (Fsp3) is 0.333. The maximum absolute atomic E-state index is 11.5. The Kier molecular flexibility index (Phi) is 3.59. The van der Waals surface area contributed by atoms with E-state index in [-0.39, 0.29) is 6.61 Å². The molecular weight excluding hydrogens is 238 g/mol. The second-order valence-electron chi connectivity index (χ2n) is 4.01. The van der Waals surface area contributed by atoms with E-state index in [0.29, 0.717) is 6.54 Å². The van der Waals surface area contributed by atoms with Gasteiger partial charge in [0.05, 0.1) is 6.61 Å². The van der Waals surface area contributed by atoms with Crippen LogP contribution in [0.4, 0.5) is 0 Å². The molecule has 0 aliphatic carbocycles. The third kappa shape index (κ3) is 2.85. The molecule has 1 amide bonds. The Morgan fingerprint density at radius 3 is 2.28 bits per heavy atom. The van der Waals surface area contributed by atoms with E-state index in [2.05, 4.69) is 5.32 Å². The van der Waals surface area contributed by atoms with E-state index < -0.39 is 24.1 Å². The third-order valence-electron chi connectivity index (χ3n) is 2.67. The van der Waals surface area contributed by atoms with Crippen molar-refractivity contribution in [2.24, 2.45) is 0 Å². The van der Waals surface area contributed by atoms with E-state index in [1.54, 1.807) is 24.3 Å². The molecule has 96 valence electrons. The van der Waals surface area contributed by atoms with Gasteiger partial charge in [-0.25, -0.2) is 4.79 Å². The molecule has 1 aliphatic rings. The molecule has 18 heavy (non-hydrogen) atoms. The number of nitrogens with one attached hydrogen (secondary N) is 1. The van der Waals surface area contributed by atoms with Gasteiger partial charge in [0.2, 0.25) is 0 Å². The second kappa shape index (κ2) is 5.16. The van der Waals surface area contributed by atoms with Crippen LogP contribution < -0.4 is 5.32 Å². The van der Waals surface area contributed by atoms with Gasteiger partial charge in [0.25, 0.3) is 5.91 Å². The van der Waals surface area contributed by atoms with Crippen LogP contribution in [-0.4, -0.2) is 34.3 Å². The van der Waals surface area contributed by atoms with Crippen molar-refractivity contribution in [2.45, 2.75) is 25.4 Å².